The minimum absolute atomic E-state index is 0.338. The van der Waals surface area contributed by atoms with E-state index in [2.05, 4.69) is 4.98 Å². The van der Waals surface area contributed by atoms with Gasteiger partial charge in [-0.2, -0.15) is 0 Å². The van der Waals surface area contributed by atoms with Crippen LogP contribution < -0.4 is 11.5 Å². The summed E-state index contributed by atoms with van der Waals surface area (Å²) in [6.07, 6.45) is 0. The highest BCUT2D eigenvalue weighted by molar-refractivity contribution is 7.71. The van der Waals surface area contributed by atoms with Crippen molar-refractivity contribution < 1.29 is 0 Å². The SMILES string of the molecule is Nc1cc(N)n(-c2ccccc2)c(=S)n1. The van der Waals surface area contributed by atoms with Gasteiger partial charge in [-0.05, 0) is 24.4 Å². The van der Waals surface area contributed by atoms with Crippen LogP contribution in [-0.2, 0) is 0 Å². The molecule has 0 amide bonds. The minimum atomic E-state index is 0.338. The molecule has 0 spiro atoms. The van der Waals surface area contributed by atoms with E-state index in [0.29, 0.717) is 16.4 Å². The van der Waals surface area contributed by atoms with Crippen molar-refractivity contribution in [1.82, 2.24) is 9.55 Å². The summed E-state index contributed by atoms with van der Waals surface area (Å²) in [5, 5.41) is 0. The van der Waals surface area contributed by atoms with Crippen molar-refractivity contribution >= 4 is 23.9 Å². The van der Waals surface area contributed by atoms with Crippen LogP contribution >= 0.6 is 12.2 Å². The first-order valence-corrected chi connectivity index (χ1v) is 4.80. The van der Waals surface area contributed by atoms with Gasteiger partial charge in [0.25, 0.3) is 0 Å². The van der Waals surface area contributed by atoms with Crippen molar-refractivity contribution in [1.29, 1.82) is 0 Å². The second-order valence-electron chi connectivity index (χ2n) is 3.06. The predicted octanol–water partition coefficient (Wildman–Crippen LogP) is 1.77. The monoisotopic (exact) mass is 218 g/mol. The number of rotatable bonds is 1. The highest BCUT2D eigenvalue weighted by atomic mass is 32.1. The van der Waals surface area contributed by atoms with Crippen LogP contribution in [0.5, 0.6) is 0 Å². The largest absolute Gasteiger partial charge is 0.385 e. The van der Waals surface area contributed by atoms with Gasteiger partial charge in [0.15, 0.2) is 0 Å². The van der Waals surface area contributed by atoms with Crippen LogP contribution in [0.15, 0.2) is 36.4 Å². The third-order valence-corrected chi connectivity index (χ3v) is 2.26. The first kappa shape index (κ1) is 9.67. The summed E-state index contributed by atoms with van der Waals surface area (Å²) < 4.78 is 2.03. The molecule has 0 aliphatic heterocycles. The quantitative estimate of drug-likeness (QED) is 0.716. The van der Waals surface area contributed by atoms with Crippen LogP contribution in [0.3, 0.4) is 0 Å². The zero-order valence-corrected chi connectivity index (χ0v) is 8.74. The second-order valence-corrected chi connectivity index (χ2v) is 3.42. The maximum Gasteiger partial charge on any atom is 0.207 e. The number of para-hydroxylation sites is 1. The summed E-state index contributed by atoms with van der Waals surface area (Å²) >= 11 is 5.10. The van der Waals surface area contributed by atoms with Gasteiger partial charge < -0.3 is 11.5 Å². The van der Waals surface area contributed by atoms with E-state index in [1.54, 1.807) is 10.6 Å². The van der Waals surface area contributed by atoms with Gasteiger partial charge in [-0.25, -0.2) is 4.98 Å². The molecule has 4 nitrogen and oxygen atoms in total. The van der Waals surface area contributed by atoms with E-state index in [1.807, 2.05) is 30.3 Å². The zero-order chi connectivity index (χ0) is 10.8. The van der Waals surface area contributed by atoms with Crippen molar-refractivity contribution in [3.05, 3.63) is 41.2 Å². The van der Waals surface area contributed by atoms with Gasteiger partial charge in [0.05, 0.1) is 0 Å². The average Bonchev–Trinajstić information content (AvgIpc) is 2.17. The summed E-state index contributed by atoms with van der Waals surface area (Å²) in [6.45, 7) is 0. The summed E-state index contributed by atoms with van der Waals surface area (Å²) in [7, 11) is 0. The van der Waals surface area contributed by atoms with E-state index in [9.17, 15) is 0 Å². The zero-order valence-electron chi connectivity index (χ0n) is 7.92. The fourth-order valence-corrected chi connectivity index (χ4v) is 1.67. The summed E-state index contributed by atoms with van der Waals surface area (Å²) in [5.74, 6) is 0.823. The molecule has 2 rings (SSSR count). The Balaban J connectivity index is 2.69. The Morgan fingerprint density at radius 2 is 1.80 bits per heavy atom. The van der Waals surface area contributed by atoms with Crippen molar-refractivity contribution in [2.24, 2.45) is 0 Å². The molecule has 15 heavy (non-hydrogen) atoms. The molecule has 1 aromatic heterocycles. The number of hydrogen-bond donors (Lipinski definition) is 2. The number of nitrogen functional groups attached to an aromatic ring is 2. The van der Waals surface area contributed by atoms with Crippen LogP contribution in [0.2, 0.25) is 0 Å². The molecule has 0 atom stereocenters. The van der Waals surface area contributed by atoms with Gasteiger partial charge in [-0.3, -0.25) is 4.57 Å². The standard InChI is InChI=1S/C10H10N4S/c11-8-6-9(12)14(10(15)13-8)7-4-2-1-3-5-7/h1-6H,12H2,(H2,11,13,15). The molecule has 0 saturated heterocycles. The topological polar surface area (TPSA) is 69.9 Å². The number of benzene rings is 1. The van der Waals surface area contributed by atoms with E-state index in [0.717, 1.165) is 5.69 Å². The summed E-state index contributed by atoms with van der Waals surface area (Å²) in [6, 6.07) is 11.1. The first-order valence-electron chi connectivity index (χ1n) is 4.39. The van der Waals surface area contributed by atoms with Crippen LogP contribution in [0.25, 0.3) is 5.69 Å². The van der Waals surface area contributed by atoms with Gasteiger partial charge in [-0.15, -0.1) is 0 Å². The van der Waals surface area contributed by atoms with Gasteiger partial charge >= 0.3 is 0 Å². The van der Waals surface area contributed by atoms with E-state index < -0.39 is 0 Å². The lowest BCUT2D eigenvalue weighted by atomic mass is 10.3. The van der Waals surface area contributed by atoms with E-state index in [4.69, 9.17) is 23.7 Å². The number of aromatic nitrogens is 2. The molecule has 1 heterocycles. The average molecular weight is 218 g/mol. The van der Waals surface area contributed by atoms with Crippen LogP contribution in [-0.4, -0.2) is 9.55 Å². The number of nitrogens with zero attached hydrogens (tertiary/aromatic N) is 2. The Morgan fingerprint density at radius 1 is 1.13 bits per heavy atom. The molecule has 0 radical (unpaired) electrons. The molecule has 0 fully saturated rings. The van der Waals surface area contributed by atoms with Gasteiger partial charge in [-0.1, -0.05) is 18.2 Å². The predicted molar refractivity (Wildman–Crippen MR) is 63.2 cm³/mol. The maximum atomic E-state index is 5.83. The third kappa shape index (κ3) is 1.82. The van der Waals surface area contributed by atoms with Gasteiger partial charge in [0.1, 0.15) is 11.6 Å². The van der Waals surface area contributed by atoms with Crippen molar-refractivity contribution in [3.63, 3.8) is 0 Å². The van der Waals surface area contributed by atoms with Crippen LogP contribution in [0.1, 0.15) is 0 Å². The number of anilines is 2. The fourth-order valence-electron chi connectivity index (χ4n) is 1.36. The minimum Gasteiger partial charge on any atom is -0.385 e. The van der Waals surface area contributed by atoms with Crippen molar-refractivity contribution in [2.75, 3.05) is 11.5 Å². The maximum absolute atomic E-state index is 5.83. The molecule has 4 N–H and O–H groups in total. The number of hydrogen-bond acceptors (Lipinski definition) is 4. The molecule has 0 aliphatic rings. The molecule has 0 unspecified atom stereocenters. The van der Waals surface area contributed by atoms with Crippen molar-refractivity contribution in [2.45, 2.75) is 0 Å². The molecular weight excluding hydrogens is 208 g/mol. The van der Waals surface area contributed by atoms with E-state index in [1.165, 1.54) is 0 Å². The summed E-state index contributed by atoms with van der Waals surface area (Å²) in [4.78, 5) is 3.99. The van der Waals surface area contributed by atoms with Crippen LogP contribution in [0.4, 0.5) is 11.6 Å². The highest BCUT2D eigenvalue weighted by Gasteiger charge is 2.02. The first-order chi connectivity index (χ1) is 7.18. The molecule has 5 heteroatoms. The Kier molecular flexibility index (Phi) is 2.39. The highest BCUT2D eigenvalue weighted by Crippen LogP contribution is 2.15. The Labute approximate surface area is 92.2 Å². The lowest BCUT2D eigenvalue weighted by molar-refractivity contribution is 0.975. The van der Waals surface area contributed by atoms with Gasteiger partial charge in [0, 0.05) is 11.8 Å². The Bertz CT molecular complexity index is 533. The summed E-state index contributed by atoms with van der Waals surface area (Å²) in [5.41, 5.74) is 12.2. The van der Waals surface area contributed by atoms with Crippen LogP contribution in [0, 0.1) is 4.77 Å². The lowest BCUT2D eigenvalue weighted by Crippen LogP contribution is -2.07. The molecule has 0 bridgehead atoms. The molecule has 0 saturated carbocycles. The molecular formula is C10H10N4S. The molecule has 76 valence electrons. The molecule has 1 aromatic carbocycles. The number of nitrogens with two attached hydrogens (primary N) is 2. The normalized spacial score (nSPS) is 10.1. The lowest BCUT2D eigenvalue weighted by Gasteiger charge is -2.10. The smallest absolute Gasteiger partial charge is 0.207 e. The second kappa shape index (κ2) is 3.70. The Hall–Kier alpha value is -1.88. The van der Waals surface area contributed by atoms with Crippen molar-refractivity contribution in [3.8, 4) is 5.69 Å². The molecule has 2 aromatic rings. The van der Waals surface area contributed by atoms with E-state index >= 15 is 0 Å². The van der Waals surface area contributed by atoms with Gasteiger partial charge in [0.2, 0.25) is 4.77 Å². The van der Waals surface area contributed by atoms with E-state index in [-0.39, 0.29) is 0 Å². The Morgan fingerprint density at radius 3 is 2.40 bits per heavy atom. The fraction of sp³-hybridized carbons (Fsp3) is 0. The molecule has 0 aliphatic carbocycles. The third-order valence-electron chi connectivity index (χ3n) is 1.98.